The molecule has 0 spiro atoms. The van der Waals surface area contributed by atoms with Crippen molar-refractivity contribution in [1.29, 1.82) is 0 Å². The van der Waals surface area contributed by atoms with Crippen molar-refractivity contribution in [2.75, 3.05) is 11.4 Å². The van der Waals surface area contributed by atoms with Crippen molar-refractivity contribution in [2.24, 2.45) is 10.9 Å². The Morgan fingerprint density at radius 3 is 2.95 bits per heavy atom. The van der Waals surface area contributed by atoms with Gasteiger partial charge in [-0.25, -0.2) is 0 Å². The van der Waals surface area contributed by atoms with E-state index < -0.39 is 0 Å². The Morgan fingerprint density at radius 2 is 2.25 bits per heavy atom. The first-order valence-corrected chi connectivity index (χ1v) is 7.59. The lowest BCUT2D eigenvalue weighted by Crippen LogP contribution is -2.36. The molecule has 0 saturated carbocycles. The third-order valence-corrected chi connectivity index (χ3v) is 4.24. The van der Waals surface area contributed by atoms with Crippen LogP contribution in [0.5, 0.6) is 0 Å². The van der Waals surface area contributed by atoms with Crippen molar-refractivity contribution >= 4 is 23.1 Å². The molecule has 1 unspecified atom stereocenters. The van der Waals surface area contributed by atoms with Gasteiger partial charge in [-0.3, -0.25) is 0 Å². The van der Waals surface area contributed by atoms with Gasteiger partial charge in [0.1, 0.15) is 0 Å². The molecule has 1 saturated heterocycles. The highest BCUT2D eigenvalue weighted by atomic mass is 35.5. The molecule has 2 rings (SSSR count). The first-order valence-electron chi connectivity index (χ1n) is 7.21. The van der Waals surface area contributed by atoms with E-state index in [4.69, 9.17) is 22.5 Å². The molecule has 1 aromatic rings. The normalized spacial score (nSPS) is 20.8. The SMILES string of the molecule is CCC1CCCCCN1c1ccc(Cl)cc1/C(N)=N/O. The number of anilines is 1. The van der Waals surface area contributed by atoms with Crippen LogP contribution in [-0.2, 0) is 0 Å². The first kappa shape index (κ1) is 15.0. The second-order valence-electron chi connectivity index (χ2n) is 5.25. The summed E-state index contributed by atoms with van der Waals surface area (Å²) in [4.78, 5) is 2.39. The molecule has 0 radical (unpaired) electrons. The molecule has 1 aromatic carbocycles. The molecular formula is C15H22ClN3O. The summed E-state index contributed by atoms with van der Waals surface area (Å²) in [7, 11) is 0. The molecule has 3 N–H and O–H groups in total. The standard InChI is InChI=1S/C15H22ClN3O/c1-2-12-6-4-3-5-9-19(12)14-8-7-11(16)10-13(14)15(17)18-20/h7-8,10,12,20H,2-6,9H2,1H3,(H2,17,18). The van der Waals surface area contributed by atoms with Gasteiger partial charge in [-0.05, 0) is 37.5 Å². The highest BCUT2D eigenvalue weighted by molar-refractivity contribution is 6.31. The fourth-order valence-corrected chi connectivity index (χ4v) is 3.11. The van der Waals surface area contributed by atoms with Crippen LogP contribution in [0.4, 0.5) is 5.69 Å². The van der Waals surface area contributed by atoms with Gasteiger partial charge in [0.05, 0.1) is 0 Å². The summed E-state index contributed by atoms with van der Waals surface area (Å²) in [6, 6.07) is 6.11. The van der Waals surface area contributed by atoms with Gasteiger partial charge in [0.25, 0.3) is 0 Å². The van der Waals surface area contributed by atoms with Gasteiger partial charge in [0, 0.05) is 28.9 Å². The van der Waals surface area contributed by atoms with Crippen molar-refractivity contribution in [1.82, 2.24) is 0 Å². The Balaban J connectivity index is 2.43. The van der Waals surface area contributed by atoms with Crippen LogP contribution >= 0.6 is 11.6 Å². The van der Waals surface area contributed by atoms with Gasteiger partial charge >= 0.3 is 0 Å². The fourth-order valence-electron chi connectivity index (χ4n) is 2.94. The van der Waals surface area contributed by atoms with Crippen LogP contribution in [0.15, 0.2) is 23.4 Å². The summed E-state index contributed by atoms with van der Waals surface area (Å²) in [6.07, 6.45) is 5.99. The van der Waals surface area contributed by atoms with E-state index in [9.17, 15) is 0 Å². The number of hydrogen-bond donors (Lipinski definition) is 2. The van der Waals surface area contributed by atoms with Gasteiger partial charge in [0.15, 0.2) is 5.84 Å². The summed E-state index contributed by atoms with van der Waals surface area (Å²) < 4.78 is 0. The number of hydrogen-bond acceptors (Lipinski definition) is 3. The summed E-state index contributed by atoms with van der Waals surface area (Å²) in [5, 5.41) is 12.7. The predicted molar refractivity (Wildman–Crippen MR) is 83.9 cm³/mol. The number of nitrogens with two attached hydrogens (primary N) is 1. The number of halogens is 1. The van der Waals surface area contributed by atoms with Gasteiger partial charge < -0.3 is 15.8 Å². The highest BCUT2D eigenvalue weighted by Crippen LogP contribution is 2.30. The maximum atomic E-state index is 8.98. The summed E-state index contributed by atoms with van der Waals surface area (Å²) in [6.45, 7) is 3.22. The van der Waals surface area contributed by atoms with Crippen LogP contribution in [0, 0.1) is 0 Å². The van der Waals surface area contributed by atoms with Gasteiger partial charge in [0.2, 0.25) is 0 Å². The van der Waals surface area contributed by atoms with Crippen molar-refractivity contribution in [3.05, 3.63) is 28.8 Å². The zero-order valence-corrected chi connectivity index (χ0v) is 12.6. The van der Waals surface area contributed by atoms with Crippen molar-refractivity contribution in [3.8, 4) is 0 Å². The summed E-state index contributed by atoms with van der Waals surface area (Å²) in [5.74, 6) is 0.113. The maximum Gasteiger partial charge on any atom is 0.172 e. The van der Waals surface area contributed by atoms with E-state index in [1.807, 2.05) is 12.1 Å². The van der Waals surface area contributed by atoms with E-state index in [1.165, 1.54) is 25.7 Å². The zero-order valence-electron chi connectivity index (χ0n) is 11.8. The second kappa shape index (κ2) is 6.84. The molecule has 0 amide bonds. The summed E-state index contributed by atoms with van der Waals surface area (Å²) in [5.41, 5.74) is 7.53. The third kappa shape index (κ3) is 3.18. The molecule has 1 heterocycles. The Labute approximate surface area is 125 Å². The van der Waals surface area contributed by atoms with E-state index in [2.05, 4.69) is 17.0 Å². The first-order chi connectivity index (χ1) is 9.67. The number of rotatable bonds is 3. The Kier molecular flexibility index (Phi) is 5.12. The smallest absolute Gasteiger partial charge is 0.172 e. The average molecular weight is 296 g/mol. The van der Waals surface area contributed by atoms with Crippen molar-refractivity contribution in [2.45, 2.75) is 45.1 Å². The van der Waals surface area contributed by atoms with Crippen LogP contribution < -0.4 is 10.6 Å². The van der Waals surface area contributed by atoms with Crippen molar-refractivity contribution < 1.29 is 5.21 Å². The van der Waals surface area contributed by atoms with Crippen LogP contribution in [0.1, 0.15) is 44.6 Å². The Bertz CT molecular complexity index is 490. The van der Waals surface area contributed by atoms with E-state index in [0.29, 0.717) is 16.6 Å². The van der Waals surface area contributed by atoms with Crippen LogP contribution in [0.25, 0.3) is 0 Å². The van der Waals surface area contributed by atoms with E-state index >= 15 is 0 Å². The molecular weight excluding hydrogens is 274 g/mol. The van der Waals surface area contributed by atoms with Gasteiger partial charge in [-0.2, -0.15) is 0 Å². The molecule has 1 aliphatic rings. The fraction of sp³-hybridized carbons (Fsp3) is 0.533. The summed E-state index contributed by atoms with van der Waals surface area (Å²) >= 11 is 6.05. The number of oxime groups is 1. The molecule has 0 bridgehead atoms. The number of nitrogens with zero attached hydrogens (tertiary/aromatic N) is 2. The highest BCUT2D eigenvalue weighted by Gasteiger charge is 2.23. The monoisotopic (exact) mass is 295 g/mol. The molecule has 1 aliphatic heterocycles. The molecule has 1 atom stereocenters. The van der Waals surface area contributed by atoms with Gasteiger partial charge in [-0.15, -0.1) is 0 Å². The lowest BCUT2D eigenvalue weighted by molar-refractivity contribution is 0.318. The van der Waals surface area contributed by atoms with E-state index in [-0.39, 0.29) is 5.84 Å². The predicted octanol–water partition coefficient (Wildman–Crippen LogP) is 3.59. The molecule has 0 aliphatic carbocycles. The average Bonchev–Trinajstić information content (AvgIpc) is 2.71. The molecule has 1 fully saturated rings. The lowest BCUT2D eigenvalue weighted by Gasteiger charge is -2.33. The van der Waals surface area contributed by atoms with Gasteiger partial charge in [-0.1, -0.05) is 36.5 Å². The Morgan fingerprint density at radius 1 is 1.45 bits per heavy atom. The topological polar surface area (TPSA) is 61.8 Å². The molecule has 0 aromatic heterocycles. The largest absolute Gasteiger partial charge is 0.409 e. The second-order valence-corrected chi connectivity index (χ2v) is 5.69. The molecule has 110 valence electrons. The zero-order chi connectivity index (χ0) is 14.5. The maximum absolute atomic E-state index is 8.98. The minimum absolute atomic E-state index is 0.113. The quantitative estimate of drug-likeness (QED) is 0.388. The van der Waals surface area contributed by atoms with Crippen LogP contribution in [0.3, 0.4) is 0 Å². The van der Waals surface area contributed by atoms with E-state index in [0.717, 1.165) is 18.7 Å². The molecule has 5 heteroatoms. The minimum Gasteiger partial charge on any atom is -0.409 e. The third-order valence-electron chi connectivity index (χ3n) is 4.00. The van der Waals surface area contributed by atoms with Crippen molar-refractivity contribution in [3.63, 3.8) is 0 Å². The lowest BCUT2D eigenvalue weighted by atomic mass is 10.0. The Hall–Kier alpha value is -1.42. The van der Waals surface area contributed by atoms with Crippen LogP contribution in [-0.4, -0.2) is 23.6 Å². The molecule has 20 heavy (non-hydrogen) atoms. The number of amidine groups is 1. The number of benzene rings is 1. The van der Waals surface area contributed by atoms with E-state index in [1.54, 1.807) is 6.07 Å². The van der Waals surface area contributed by atoms with Crippen LogP contribution in [0.2, 0.25) is 5.02 Å². The molecule has 4 nitrogen and oxygen atoms in total. The minimum atomic E-state index is 0.113.